The van der Waals surface area contributed by atoms with Gasteiger partial charge in [0, 0.05) is 43.5 Å². The van der Waals surface area contributed by atoms with Gasteiger partial charge in [-0.15, -0.1) is 0 Å². The van der Waals surface area contributed by atoms with Crippen LogP contribution >= 0.6 is 0 Å². The van der Waals surface area contributed by atoms with Gasteiger partial charge in [-0.25, -0.2) is 9.97 Å². The van der Waals surface area contributed by atoms with Crippen LogP contribution in [0.4, 0.5) is 11.6 Å². The number of carbonyl (C=O) groups is 1. The largest absolute Gasteiger partial charge is 0.339 e. The predicted molar refractivity (Wildman–Crippen MR) is 113 cm³/mol. The molecule has 2 aromatic rings. The van der Waals surface area contributed by atoms with E-state index in [0.29, 0.717) is 5.92 Å². The van der Waals surface area contributed by atoms with Gasteiger partial charge in [-0.1, -0.05) is 12.1 Å². The summed E-state index contributed by atoms with van der Waals surface area (Å²) in [6, 6.07) is 10.0. The second-order valence-electron chi connectivity index (χ2n) is 7.55. The molecule has 3 rings (SSSR count). The molecule has 148 valence electrons. The van der Waals surface area contributed by atoms with E-state index in [1.54, 1.807) is 6.08 Å². The molecule has 0 saturated carbocycles. The Morgan fingerprint density at radius 2 is 2.18 bits per heavy atom. The summed E-state index contributed by atoms with van der Waals surface area (Å²) in [7, 11) is 3.99. The molecular formula is C22H29N5O. The molecule has 2 aromatic heterocycles. The van der Waals surface area contributed by atoms with Crippen molar-refractivity contribution in [2.24, 2.45) is 0 Å². The Bertz CT molecular complexity index is 833. The van der Waals surface area contributed by atoms with Crippen molar-refractivity contribution >= 4 is 17.5 Å². The van der Waals surface area contributed by atoms with Crippen molar-refractivity contribution in [3.8, 4) is 0 Å². The van der Waals surface area contributed by atoms with Gasteiger partial charge in [-0.2, -0.15) is 0 Å². The predicted octanol–water partition coefficient (Wildman–Crippen LogP) is 3.35. The Hall–Kier alpha value is -2.73. The summed E-state index contributed by atoms with van der Waals surface area (Å²) in [6.45, 7) is 4.31. The van der Waals surface area contributed by atoms with Crippen LogP contribution in [0.2, 0.25) is 0 Å². The number of nitrogens with zero attached hydrogens (tertiary/aromatic N) is 4. The van der Waals surface area contributed by atoms with Crippen LogP contribution in [0.5, 0.6) is 0 Å². The van der Waals surface area contributed by atoms with Crippen LogP contribution in [0, 0.1) is 6.92 Å². The number of pyridine rings is 2. The number of carbonyl (C=O) groups excluding carboxylic acids is 1. The molecule has 0 aromatic carbocycles. The van der Waals surface area contributed by atoms with Gasteiger partial charge in [0.1, 0.15) is 11.6 Å². The fourth-order valence-corrected chi connectivity index (χ4v) is 3.43. The summed E-state index contributed by atoms with van der Waals surface area (Å²) in [5.41, 5.74) is 2.17. The second-order valence-corrected chi connectivity index (χ2v) is 7.55. The van der Waals surface area contributed by atoms with Crippen molar-refractivity contribution in [3.05, 3.63) is 59.9 Å². The van der Waals surface area contributed by atoms with E-state index in [9.17, 15) is 4.79 Å². The van der Waals surface area contributed by atoms with Crippen LogP contribution in [-0.2, 0) is 4.79 Å². The zero-order chi connectivity index (χ0) is 19.9. The van der Waals surface area contributed by atoms with Crippen molar-refractivity contribution in [2.45, 2.75) is 25.7 Å². The number of nitrogens with one attached hydrogen (secondary N) is 1. The topological polar surface area (TPSA) is 61.4 Å². The number of hydrogen-bond donors (Lipinski definition) is 1. The zero-order valence-corrected chi connectivity index (χ0v) is 16.9. The lowest BCUT2D eigenvalue weighted by Crippen LogP contribution is -2.38. The number of aryl methyl sites for hydroxylation is 1. The highest BCUT2D eigenvalue weighted by Crippen LogP contribution is 2.28. The number of likely N-dealkylation sites (tertiary alicyclic amines) is 1. The Balaban J connectivity index is 1.66. The minimum absolute atomic E-state index is 0.0999. The standard InChI is InChI=1S/C22H29N5O/c1-17-7-4-9-20(24-17)25-21-15-18(11-12-23-21)19-8-5-14-27(16-19)22(28)10-6-13-26(2)3/h4,6-7,9-12,15,19H,5,8,13-14,16H2,1-3H3,(H,23,24,25)/b10-6+/t19-/m1/s1. The van der Waals surface area contributed by atoms with Gasteiger partial charge >= 0.3 is 0 Å². The first-order chi connectivity index (χ1) is 13.5. The number of likely N-dealkylation sites (N-methyl/N-ethyl adjacent to an activating group) is 1. The molecule has 0 bridgehead atoms. The van der Waals surface area contributed by atoms with Crippen LogP contribution < -0.4 is 5.32 Å². The van der Waals surface area contributed by atoms with Crippen LogP contribution in [0.3, 0.4) is 0 Å². The third-order valence-corrected chi connectivity index (χ3v) is 4.86. The molecule has 1 atom stereocenters. The molecule has 0 spiro atoms. The molecule has 1 amide bonds. The van der Waals surface area contributed by atoms with Gasteiger partial charge in [-0.05, 0) is 63.7 Å². The van der Waals surface area contributed by atoms with E-state index in [0.717, 1.165) is 49.8 Å². The van der Waals surface area contributed by atoms with Crippen molar-refractivity contribution in [3.63, 3.8) is 0 Å². The van der Waals surface area contributed by atoms with Crippen LogP contribution in [0.25, 0.3) is 0 Å². The molecule has 3 heterocycles. The zero-order valence-electron chi connectivity index (χ0n) is 16.9. The lowest BCUT2D eigenvalue weighted by molar-refractivity contribution is -0.127. The number of aromatic nitrogens is 2. The number of anilines is 2. The van der Waals surface area contributed by atoms with Crippen molar-refractivity contribution in [2.75, 3.05) is 39.0 Å². The van der Waals surface area contributed by atoms with Gasteiger partial charge < -0.3 is 15.1 Å². The first kappa shape index (κ1) is 20.0. The fourth-order valence-electron chi connectivity index (χ4n) is 3.43. The summed E-state index contributed by atoms with van der Waals surface area (Å²) in [5, 5.41) is 3.28. The molecular weight excluding hydrogens is 350 g/mol. The summed E-state index contributed by atoms with van der Waals surface area (Å²) >= 11 is 0. The molecule has 0 radical (unpaired) electrons. The van der Waals surface area contributed by atoms with Crippen LogP contribution in [0.15, 0.2) is 48.7 Å². The number of hydrogen-bond acceptors (Lipinski definition) is 5. The highest BCUT2D eigenvalue weighted by atomic mass is 16.2. The van der Waals surface area contributed by atoms with Crippen LogP contribution in [-0.4, -0.2) is 59.4 Å². The van der Waals surface area contributed by atoms with E-state index >= 15 is 0 Å². The first-order valence-electron chi connectivity index (χ1n) is 9.78. The highest BCUT2D eigenvalue weighted by molar-refractivity contribution is 5.87. The van der Waals surface area contributed by atoms with E-state index in [1.807, 2.05) is 61.3 Å². The lowest BCUT2D eigenvalue weighted by Gasteiger charge is -2.32. The minimum atomic E-state index is 0.0999. The third kappa shape index (κ3) is 5.63. The maximum absolute atomic E-state index is 12.5. The number of rotatable bonds is 6. The quantitative estimate of drug-likeness (QED) is 0.780. The van der Waals surface area contributed by atoms with Gasteiger partial charge in [0.25, 0.3) is 0 Å². The molecule has 28 heavy (non-hydrogen) atoms. The summed E-state index contributed by atoms with van der Waals surface area (Å²) < 4.78 is 0. The van der Waals surface area contributed by atoms with Gasteiger partial charge in [-0.3, -0.25) is 4.79 Å². The Morgan fingerprint density at radius 1 is 1.32 bits per heavy atom. The van der Waals surface area contributed by atoms with Crippen molar-refractivity contribution in [1.82, 2.24) is 19.8 Å². The van der Waals surface area contributed by atoms with Gasteiger partial charge in [0.05, 0.1) is 0 Å². The highest BCUT2D eigenvalue weighted by Gasteiger charge is 2.24. The molecule has 1 fully saturated rings. The summed E-state index contributed by atoms with van der Waals surface area (Å²) in [6.07, 6.45) is 7.55. The molecule has 1 saturated heterocycles. The maximum Gasteiger partial charge on any atom is 0.246 e. The van der Waals surface area contributed by atoms with Gasteiger partial charge in [0.15, 0.2) is 0 Å². The van der Waals surface area contributed by atoms with E-state index in [-0.39, 0.29) is 5.91 Å². The fraction of sp³-hybridized carbons (Fsp3) is 0.409. The SMILES string of the molecule is Cc1cccc(Nc2cc([C@@H]3CCCN(C(=O)/C=C/CN(C)C)C3)ccn2)n1. The smallest absolute Gasteiger partial charge is 0.246 e. The van der Waals surface area contributed by atoms with E-state index in [2.05, 4.69) is 27.4 Å². The van der Waals surface area contributed by atoms with E-state index < -0.39 is 0 Å². The molecule has 0 aliphatic carbocycles. The van der Waals surface area contributed by atoms with Gasteiger partial charge in [0.2, 0.25) is 5.91 Å². The normalized spacial score (nSPS) is 17.3. The van der Waals surface area contributed by atoms with Crippen molar-refractivity contribution < 1.29 is 4.79 Å². The molecule has 1 aliphatic rings. The molecule has 1 aliphatic heterocycles. The molecule has 6 heteroatoms. The number of amides is 1. The molecule has 6 nitrogen and oxygen atoms in total. The Kier molecular flexibility index (Phi) is 6.76. The Labute approximate surface area is 167 Å². The first-order valence-corrected chi connectivity index (χ1v) is 9.78. The third-order valence-electron chi connectivity index (χ3n) is 4.86. The average molecular weight is 380 g/mol. The van der Waals surface area contributed by atoms with E-state index in [4.69, 9.17) is 0 Å². The summed E-state index contributed by atoms with van der Waals surface area (Å²) in [5.74, 6) is 2.00. The number of piperidine rings is 1. The van der Waals surface area contributed by atoms with Crippen LogP contribution in [0.1, 0.15) is 30.0 Å². The van der Waals surface area contributed by atoms with Crippen molar-refractivity contribution in [1.29, 1.82) is 0 Å². The Morgan fingerprint density at radius 3 is 2.96 bits per heavy atom. The lowest BCUT2D eigenvalue weighted by atomic mass is 9.91. The maximum atomic E-state index is 12.5. The molecule has 0 unspecified atom stereocenters. The van der Waals surface area contributed by atoms with E-state index in [1.165, 1.54) is 5.56 Å². The second kappa shape index (κ2) is 9.46. The minimum Gasteiger partial charge on any atom is -0.339 e. The average Bonchev–Trinajstić information content (AvgIpc) is 2.68. The molecule has 1 N–H and O–H groups in total. The monoisotopic (exact) mass is 379 g/mol. The summed E-state index contributed by atoms with van der Waals surface area (Å²) in [4.78, 5) is 25.4.